The van der Waals surface area contributed by atoms with Crippen molar-refractivity contribution < 1.29 is 0 Å². The molecular weight excluding hydrogens is 264 g/mol. The van der Waals surface area contributed by atoms with Crippen LogP contribution in [0.15, 0.2) is 48.5 Å². The van der Waals surface area contributed by atoms with Crippen LogP contribution in [0.5, 0.6) is 0 Å². The van der Waals surface area contributed by atoms with Crippen molar-refractivity contribution in [2.45, 2.75) is 44.9 Å². The van der Waals surface area contributed by atoms with Crippen LogP contribution < -0.4 is 0 Å². The normalized spacial score (nSPS) is 14.0. The smallest absolute Gasteiger partial charge is 0.0838 e. The lowest BCUT2D eigenvalue weighted by atomic mass is 9.94. The van der Waals surface area contributed by atoms with Crippen molar-refractivity contribution in [3.8, 4) is 0 Å². The Bertz CT molecular complexity index is 542. The van der Waals surface area contributed by atoms with Crippen molar-refractivity contribution in [2.75, 3.05) is 0 Å². The molecule has 0 saturated heterocycles. The Hall–Kier alpha value is -1.27. The maximum Gasteiger partial charge on any atom is 0.0838 e. The summed E-state index contributed by atoms with van der Waals surface area (Å²) < 4.78 is 0. The van der Waals surface area contributed by atoms with Gasteiger partial charge in [0.25, 0.3) is 0 Å². The monoisotopic (exact) mass is 286 g/mol. The van der Waals surface area contributed by atoms with E-state index in [0.717, 1.165) is 6.42 Å². The minimum absolute atomic E-state index is 0.0582. The lowest BCUT2D eigenvalue weighted by Gasteiger charge is -2.16. The topological polar surface area (TPSA) is 0 Å². The average molecular weight is 287 g/mol. The number of halogens is 1. The second-order valence-electron chi connectivity index (χ2n) is 5.39. The molecule has 0 aliphatic rings. The van der Waals surface area contributed by atoms with Gasteiger partial charge in [-0.15, -0.1) is 11.6 Å². The van der Waals surface area contributed by atoms with E-state index in [9.17, 15) is 0 Å². The van der Waals surface area contributed by atoms with Crippen molar-refractivity contribution in [2.24, 2.45) is 0 Å². The van der Waals surface area contributed by atoms with Gasteiger partial charge in [0.15, 0.2) is 0 Å². The number of hydrogen-bond donors (Lipinski definition) is 0. The maximum atomic E-state index is 6.68. The van der Waals surface area contributed by atoms with Gasteiger partial charge in [-0.2, -0.15) is 0 Å². The summed E-state index contributed by atoms with van der Waals surface area (Å²) in [5, 5.41) is -0.0582. The molecule has 0 saturated carbocycles. The van der Waals surface area contributed by atoms with E-state index in [-0.39, 0.29) is 5.38 Å². The van der Waals surface area contributed by atoms with Crippen molar-refractivity contribution in [1.29, 1.82) is 0 Å². The summed E-state index contributed by atoms with van der Waals surface area (Å²) in [4.78, 5) is 0. The highest BCUT2D eigenvalue weighted by Gasteiger charge is 2.14. The summed E-state index contributed by atoms with van der Waals surface area (Å²) in [5.74, 6) is 0.612. The van der Waals surface area contributed by atoms with Gasteiger partial charge in [0.2, 0.25) is 0 Å². The number of hydrogen-bond acceptors (Lipinski definition) is 0. The van der Waals surface area contributed by atoms with Crippen molar-refractivity contribution in [3.05, 3.63) is 70.8 Å². The molecule has 0 N–H and O–H groups in total. The van der Waals surface area contributed by atoms with Gasteiger partial charge < -0.3 is 0 Å². The molecule has 1 heteroatoms. The molecular formula is C19H23Cl. The molecule has 2 unspecified atom stereocenters. The predicted molar refractivity (Wildman–Crippen MR) is 88.7 cm³/mol. The molecule has 2 aromatic rings. The number of alkyl halides is 1. The summed E-state index contributed by atoms with van der Waals surface area (Å²) in [6.07, 6.45) is 2.19. The van der Waals surface area contributed by atoms with E-state index in [1.165, 1.54) is 28.7 Å². The first-order valence-electron chi connectivity index (χ1n) is 7.49. The third-order valence-electron chi connectivity index (χ3n) is 4.12. The van der Waals surface area contributed by atoms with Crippen LogP contribution >= 0.6 is 11.6 Å². The second-order valence-corrected chi connectivity index (χ2v) is 5.83. The minimum atomic E-state index is -0.0582. The summed E-state index contributed by atoms with van der Waals surface area (Å²) >= 11 is 6.68. The van der Waals surface area contributed by atoms with Gasteiger partial charge in [0, 0.05) is 0 Å². The van der Waals surface area contributed by atoms with Crippen LogP contribution in [0.1, 0.15) is 60.7 Å². The van der Waals surface area contributed by atoms with Gasteiger partial charge in [0.05, 0.1) is 5.38 Å². The Labute approximate surface area is 127 Å². The van der Waals surface area contributed by atoms with E-state index in [1.807, 2.05) is 0 Å². The molecule has 0 aliphatic carbocycles. The number of rotatable bonds is 5. The maximum absolute atomic E-state index is 6.68. The van der Waals surface area contributed by atoms with Crippen LogP contribution in [0.3, 0.4) is 0 Å². The van der Waals surface area contributed by atoms with Gasteiger partial charge in [-0.3, -0.25) is 0 Å². The molecule has 0 amide bonds. The summed E-state index contributed by atoms with van der Waals surface area (Å²) in [7, 11) is 0. The molecule has 2 atom stereocenters. The summed E-state index contributed by atoms with van der Waals surface area (Å²) in [6.45, 7) is 6.66. The molecule has 0 aromatic heterocycles. The highest BCUT2D eigenvalue weighted by molar-refractivity contribution is 6.22. The fraction of sp³-hybridized carbons (Fsp3) is 0.368. The van der Waals surface area contributed by atoms with E-state index in [0.29, 0.717) is 5.92 Å². The lowest BCUT2D eigenvalue weighted by Crippen LogP contribution is -1.99. The Morgan fingerprint density at radius 2 is 1.50 bits per heavy atom. The minimum Gasteiger partial charge on any atom is -0.113 e. The van der Waals surface area contributed by atoms with Crippen LogP contribution in [0.4, 0.5) is 0 Å². The molecule has 0 heterocycles. The molecule has 0 aliphatic heterocycles. The van der Waals surface area contributed by atoms with Gasteiger partial charge in [-0.1, -0.05) is 69.3 Å². The van der Waals surface area contributed by atoms with Crippen molar-refractivity contribution in [3.63, 3.8) is 0 Å². The van der Waals surface area contributed by atoms with E-state index in [2.05, 4.69) is 69.3 Å². The van der Waals surface area contributed by atoms with Gasteiger partial charge in [0.1, 0.15) is 0 Å². The Balaban J connectivity index is 2.27. The van der Waals surface area contributed by atoms with Crippen LogP contribution in [-0.4, -0.2) is 0 Å². The molecule has 106 valence electrons. The zero-order chi connectivity index (χ0) is 14.5. The molecule has 2 aromatic carbocycles. The van der Waals surface area contributed by atoms with E-state index >= 15 is 0 Å². The fourth-order valence-electron chi connectivity index (χ4n) is 2.51. The Kier molecular flexibility index (Phi) is 5.25. The van der Waals surface area contributed by atoms with Crippen molar-refractivity contribution in [1.82, 2.24) is 0 Å². The first kappa shape index (κ1) is 15.1. The quantitative estimate of drug-likeness (QED) is 0.583. The SMILES string of the molecule is CCc1ccccc1C(Cl)c1ccc(C(C)CC)cc1. The lowest BCUT2D eigenvalue weighted by molar-refractivity contribution is 0.733. The van der Waals surface area contributed by atoms with Crippen LogP contribution in [-0.2, 0) is 6.42 Å². The molecule has 20 heavy (non-hydrogen) atoms. The molecule has 0 bridgehead atoms. The van der Waals surface area contributed by atoms with Crippen LogP contribution in [0.2, 0.25) is 0 Å². The molecule has 0 nitrogen and oxygen atoms in total. The first-order valence-corrected chi connectivity index (χ1v) is 7.92. The molecule has 2 rings (SSSR count). The highest BCUT2D eigenvalue weighted by atomic mass is 35.5. The first-order chi connectivity index (χ1) is 9.67. The summed E-state index contributed by atoms with van der Waals surface area (Å²) in [5.41, 5.74) is 5.13. The zero-order valence-corrected chi connectivity index (χ0v) is 13.3. The number of aryl methyl sites for hydroxylation is 1. The predicted octanol–water partition coefficient (Wildman–Crippen LogP) is 6.09. The van der Waals surface area contributed by atoms with Gasteiger partial charge >= 0.3 is 0 Å². The number of benzene rings is 2. The van der Waals surface area contributed by atoms with Crippen LogP contribution in [0, 0.1) is 0 Å². The van der Waals surface area contributed by atoms with Gasteiger partial charge in [-0.05, 0) is 41.0 Å². The van der Waals surface area contributed by atoms with E-state index < -0.39 is 0 Å². The Morgan fingerprint density at radius 3 is 2.10 bits per heavy atom. The van der Waals surface area contributed by atoms with E-state index in [1.54, 1.807) is 0 Å². The zero-order valence-electron chi connectivity index (χ0n) is 12.6. The summed E-state index contributed by atoms with van der Waals surface area (Å²) in [6, 6.07) is 17.2. The molecule has 0 fully saturated rings. The largest absolute Gasteiger partial charge is 0.113 e. The third kappa shape index (κ3) is 3.24. The van der Waals surface area contributed by atoms with Crippen LogP contribution in [0.25, 0.3) is 0 Å². The molecule has 0 spiro atoms. The fourth-order valence-corrected chi connectivity index (χ4v) is 2.87. The highest BCUT2D eigenvalue weighted by Crippen LogP contribution is 2.32. The second kappa shape index (κ2) is 6.95. The standard InChI is InChI=1S/C19H23Cl/c1-4-14(3)16-10-12-17(13-11-16)19(20)18-9-7-6-8-15(18)5-2/h6-14,19H,4-5H2,1-3H3. The average Bonchev–Trinajstić information content (AvgIpc) is 2.53. The third-order valence-corrected chi connectivity index (χ3v) is 4.61. The van der Waals surface area contributed by atoms with Crippen molar-refractivity contribution >= 4 is 11.6 Å². The molecule has 0 radical (unpaired) electrons. The van der Waals surface area contributed by atoms with E-state index in [4.69, 9.17) is 11.6 Å². The van der Waals surface area contributed by atoms with Gasteiger partial charge in [-0.25, -0.2) is 0 Å². The Morgan fingerprint density at radius 1 is 0.900 bits per heavy atom.